The Hall–Kier alpha value is -3.55. The maximum Gasteiger partial charge on any atom is 0.313 e. The summed E-state index contributed by atoms with van der Waals surface area (Å²) in [6.07, 6.45) is 0.776. The van der Waals surface area contributed by atoms with Crippen molar-refractivity contribution in [1.82, 2.24) is 10.6 Å². The average molecular weight is 411 g/mol. The summed E-state index contributed by atoms with van der Waals surface area (Å²) in [5.41, 5.74) is 1.38. The van der Waals surface area contributed by atoms with Crippen molar-refractivity contribution < 1.29 is 23.9 Å². The van der Waals surface area contributed by atoms with Crippen LogP contribution in [0.3, 0.4) is 0 Å². The lowest BCUT2D eigenvalue weighted by Crippen LogP contribution is -2.36. The van der Waals surface area contributed by atoms with Gasteiger partial charge in [0.15, 0.2) is 11.5 Å². The Balaban J connectivity index is 1.59. The van der Waals surface area contributed by atoms with E-state index in [0.29, 0.717) is 24.0 Å². The predicted molar refractivity (Wildman–Crippen MR) is 111 cm³/mol. The topological polar surface area (TPSA) is 106 Å². The molecule has 0 atom stereocenters. The summed E-state index contributed by atoms with van der Waals surface area (Å²) in [5, 5.41) is 7.90. The Morgan fingerprint density at radius 2 is 1.73 bits per heavy atom. The maximum absolute atomic E-state index is 12.7. The summed E-state index contributed by atoms with van der Waals surface area (Å²) in [6, 6.07) is 12.0. The molecule has 0 unspecified atom stereocenters. The van der Waals surface area contributed by atoms with Crippen molar-refractivity contribution >= 4 is 23.4 Å². The second-order valence-corrected chi connectivity index (χ2v) is 7.31. The summed E-state index contributed by atoms with van der Waals surface area (Å²) in [5.74, 6) is -0.185. The van der Waals surface area contributed by atoms with Gasteiger partial charge in [-0.1, -0.05) is 32.0 Å². The second-order valence-electron chi connectivity index (χ2n) is 7.31. The number of carbonyl (C=O) groups is 3. The van der Waals surface area contributed by atoms with Gasteiger partial charge in [-0.15, -0.1) is 0 Å². The highest BCUT2D eigenvalue weighted by atomic mass is 16.7. The fourth-order valence-corrected chi connectivity index (χ4v) is 2.85. The van der Waals surface area contributed by atoms with E-state index < -0.39 is 11.8 Å². The number of ether oxygens (including phenoxy) is 2. The first-order valence-corrected chi connectivity index (χ1v) is 9.79. The summed E-state index contributed by atoms with van der Waals surface area (Å²) < 4.78 is 10.6. The Labute approximate surface area is 174 Å². The Kier molecular flexibility index (Phi) is 6.90. The quantitative estimate of drug-likeness (QED) is 0.607. The number of hydrogen-bond acceptors (Lipinski definition) is 5. The number of fused-ring (bicyclic) bond motifs is 1. The number of amides is 3. The lowest BCUT2D eigenvalue weighted by molar-refractivity contribution is -0.136. The van der Waals surface area contributed by atoms with E-state index in [1.807, 2.05) is 19.9 Å². The van der Waals surface area contributed by atoms with Gasteiger partial charge in [0.05, 0.1) is 11.3 Å². The van der Waals surface area contributed by atoms with Crippen LogP contribution in [0, 0.1) is 5.92 Å². The number of para-hydroxylation sites is 1. The largest absolute Gasteiger partial charge is 0.454 e. The molecule has 3 rings (SSSR count). The third-order valence-corrected chi connectivity index (χ3v) is 4.52. The molecule has 2 aromatic carbocycles. The molecule has 3 N–H and O–H groups in total. The Morgan fingerprint density at radius 3 is 2.53 bits per heavy atom. The smallest absolute Gasteiger partial charge is 0.313 e. The molecule has 0 radical (unpaired) electrons. The van der Waals surface area contributed by atoms with E-state index >= 15 is 0 Å². The van der Waals surface area contributed by atoms with Crippen LogP contribution in [0.5, 0.6) is 11.5 Å². The van der Waals surface area contributed by atoms with Crippen LogP contribution in [0.4, 0.5) is 5.69 Å². The molecule has 1 heterocycles. The number of anilines is 1. The van der Waals surface area contributed by atoms with Gasteiger partial charge in [-0.2, -0.15) is 0 Å². The Bertz CT molecular complexity index is 942. The predicted octanol–water partition coefficient (Wildman–Crippen LogP) is 2.45. The molecule has 2 aromatic rings. The van der Waals surface area contributed by atoms with Gasteiger partial charge in [0, 0.05) is 13.1 Å². The van der Waals surface area contributed by atoms with Crippen LogP contribution in [0.1, 0.15) is 36.2 Å². The minimum atomic E-state index is -0.810. The Morgan fingerprint density at radius 1 is 0.967 bits per heavy atom. The molecule has 1 aliphatic heterocycles. The normalized spacial score (nSPS) is 11.8. The summed E-state index contributed by atoms with van der Waals surface area (Å²) in [7, 11) is 0. The molecule has 0 bridgehead atoms. The fourth-order valence-electron chi connectivity index (χ4n) is 2.85. The van der Waals surface area contributed by atoms with Gasteiger partial charge in [-0.3, -0.25) is 14.4 Å². The van der Waals surface area contributed by atoms with Crippen molar-refractivity contribution in [2.24, 2.45) is 5.92 Å². The van der Waals surface area contributed by atoms with Crippen molar-refractivity contribution in [3.63, 3.8) is 0 Å². The maximum atomic E-state index is 12.7. The van der Waals surface area contributed by atoms with Crippen molar-refractivity contribution in [2.75, 3.05) is 18.7 Å². The highest BCUT2D eigenvalue weighted by molar-refractivity contribution is 6.40. The molecule has 0 aromatic heterocycles. The van der Waals surface area contributed by atoms with E-state index in [-0.39, 0.29) is 30.5 Å². The van der Waals surface area contributed by atoms with Crippen LogP contribution in [-0.4, -0.2) is 31.1 Å². The van der Waals surface area contributed by atoms with Gasteiger partial charge >= 0.3 is 11.8 Å². The first-order chi connectivity index (χ1) is 14.4. The first kappa shape index (κ1) is 21.2. The number of carbonyl (C=O) groups excluding carboxylic acids is 3. The van der Waals surface area contributed by atoms with E-state index in [0.717, 1.165) is 12.0 Å². The number of benzene rings is 2. The third kappa shape index (κ3) is 5.50. The first-order valence-electron chi connectivity index (χ1n) is 9.79. The van der Waals surface area contributed by atoms with Crippen LogP contribution in [0.2, 0.25) is 0 Å². The SMILES string of the molecule is CC(C)CCNC(=O)C(=O)Nc1ccccc1C(=O)NCc1ccc2c(c1)OCO2. The van der Waals surface area contributed by atoms with Crippen molar-refractivity contribution in [1.29, 1.82) is 0 Å². The van der Waals surface area contributed by atoms with E-state index in [4.69, 9.17) is 9.47 Å². The molecule has 0 saturated heterocycles. The van der Waals surface area contributed by atoms with Crippen LogP contribution >= 0.6 is 0 Å². The van der Waals surface area contributed by atoms with Gasteiger partial charge in [0.2, 0.25) is 6.79 Å². The molecule has 158 valence electrons. The van der Waals surface area contributed by atoms with E-state index in [2.05, 4.69) is 16.0 Å². The zero-order valence-corrected chi connectivity index (χ0v) is 17.0. The molecular formula is C22H25N3O5. The molecule has 3 amide bonds. The molecular weight excluding hydrogens is 386 g/mol. The summed E-state index contributed by atoms with van der Waals surface area (Å²) in [6.45, 7) is 4.94. The highest BCUT2D eigenvalue weighted by Gasteiger charge is 2.18. The van der Waals surface area contributed by atoms with Crippen LogP contribution in [-0.2, 0) is 16.1 Å². The van der Waals surface area contributed by atoms with Gasteiger partial charge < -0.3 is 25.4 Å². The van der Waals surface area contributed by atoms with Crippen LogP contribution in [0.15, 0.2) is 42.5 Å². The molecule has 0 aliphatic carbocycles. The molecule has 0 spiro atoms. The van der Waals surface area contributed by atoms with Gasteiger partial charge in [0.1, 0.15) is 0 Å². The molecule has 8 heteroatoms. The summed E-state index contributed by atoms with van der Waals surface area (Å²) in [4.78, 5) is 36.8. The second kappa shape index (κ2) is 9.78. The minimum Gasteiger partial charge on any atom is -0.454 e. The third-order valence-electron chi connectivity index (χ3n) is 4.52. The number of hydrogen-bond donors (Lipinski definition) is 3. The zero-order chi connectivity index (χ0) is 21.5. The van der Waals surface area contributed by atoms with Crippen LogP contribution in [0.25, 0.3) is 0 Å². The summed E-state index contributed by atoms with van der Waals surface area (Å²) >= 11 is 0. The zero-order valence-electron chi connectivity index (χ0n) is 17.0. The number of rotatable bonds is 7. The standard InChI is InChI=1S/C22H25N3O5/c1-14(2)9-10-23-21(27)22(28)25-17-6-4-3-5-16(17)20(26)24-12-15-7-8-18-19(11-15)30-13-29-18/h3-8,11,14H,9-10,12-13H2,1-2H3,(H,23,27)(H,24,26)(H,25,28). The molecule has 30 heavy (non-hydrogen) atoms. The molecule has 0 saturated carbocycles. The van der Waals surface area contributed by atoms with Gasteiger partial charge in [-0.05, 0) is 42.2 Å². The van der Waals surface area contributed by atoms with Gasteiger partial charge in [0.25, 0.3) is 5.91 Å². The average Bonchev–Trinajstić information content (AvgIpc) is 3.20. The van der Waals surface area contributed by atoms with Crippen molar-refractivity contribution in [3.05, 3.63) is 53.6 Å². The van der Waals surface area contributed by atoms with Gasteiger partial charge in [-0.25, -0.2) is 0 Å². The molecule has 8 nitrogen and oxygen atoms in total. The minimum absolute atomic E-state index is 0.184. The number of nitrogens with one attached hydrogen (secondary N) is 3. The van der Waals surface area contributed by atoms with Crippen molar-refractivity contribution in [3.8, 4) is 11.5 Å². The monoisotopic (exact) mass is 411 g/mol. The lowest BCUT2D eigenvalue weighted by atomic mass is 10.1. The van der Waals surface area contributed by atoms with E-state index in [1.54, 1.807) is 36.4 Å². The lowest BCUT2D eigenvalue weighted by Gasteiger charge is -2.12. The van der Waals surface area contributed by atoms with E-state index in [1.165, 1.54) is 0 Å². The molecule has 1 aliphatic rings. The molecule has 0 fully saturated rings. The fraction of sp³-hybridized carbons (Fsp3) is 0.318. The van der Waals surface area contributed by atoms with E-state index in [9.17, 15) is 14.4 Å². The highest BCUT2D eigenvalue weighted by Crippen LogP contribution is 2.32. The van der Waals surface area contributed by atoms with Crippen molar-refractivity contribution in [2.45, 2.75) is 26.8 Å². The van der Waals surface area contributed by atoms with Crippen LogP contribution < -0.4 is 25.4 Å².